The number of amides is 1. The van der Waals surface area contributed by atoms with E-state index in [0.717, 1.165) is 25.0 Å². The molecule has 0 radical (unpaired) electrons. The molecule has 1 heterocycles. The molecule has 1 aromatic rings. The normalized spacial score (nSPS) is 11.7. The first-order valence-corrected chi connectivity index (χ1v) is 7.88. The van der Waals surface area contributed by atoms with Gasteiger partial charge in [-0.15, -0.1) is 11.6 Å². The quantitative estimate of drug-likeness (QED) is 0.749. The molecule has 0 unspecified atom stereocenters. The van der Waals surface area contributed by atoms with E-state index in [2.05, 4.69) is 24.3 Å². The van der Waals surface area contributed by atoms with Crippen molar-refractivity contribution in [3.05, 3.63) is 17.5 Å². The predicted octanol–water partition coefficient (Wildman–Crippen LogP) is 3.24. The Morgan fingerprint density at radius 2 is 2.15 bits per heavy atom. The average molecular weight is 300 g/mol. The van der Waals surface area contributed by atoms with Gasteiger partial charge in [0.25, 0.3) is 5.91 Å². The highest BCUT2D eigenvalue weighted by Crippen LogP contribution is 2.21. The summed E-state index contributed by atoms with van der Waals surface area (Å²) in [4.78, 5) is 12.3. The maximum atomic E-state index is 12.3. The fourth-order valence-electron chi connectivity index (χ4n) is 2.11. The second-order valence-electron chi connectivity index (χ2n) is 5.83. The smallest absolute Gasteiger partial charge is 0.269 e. The molecule has 0 atom stereocenters. The molecule has 0 saturated heterocycles. The first-order chi connectivity index (χ1) is 9.43. The van der Waals surface area contributed by atoms with Gasteiger partial charge in [0.05, 0.1) is 5.69 Å². The highest BCUT2D eigenvalue weighted by molar-refractivity contribution is 6.17. The van der Waals surface area contributed by atoms with Crippen LogP contribution < -0.4 is 5.32 Å². The second-order valence-corrected chi connectivity index (χ2v) is 6.21. The molecule has 1 N–H and O–H groups in total. The van der Waals surface area contributed by atoms with E-state index in [1.54, 1.807) is 4.68 Å². The predicted molar refractivity (Wildman–Crippen MR) is 83.3 cm³/mol. The van der Waals surface area contributed by atoms with Gasteiger partial charge in [0.1, 0.15) is 5.69 Å². The van der Waals surface area contributed by atoms with E-state index in [4.69, 9.17) is 11.6 Å². The number of nitrogens with zero attached hydrogens (tertiary/aromatic N) is 2. The maximum Gasteiger partial charge on any atom is 0.269 e. The lowest BCUT2D eigenvalue weighted by Gasteiger charge is -2.24. The van der Waals surface area contributed by atoms with Crippen LogP contribution in [0, 0.1) is 5.41 Å². The molecule has 0 saturated carbocycles. The molecular weight excluding hydrogens is 274 g/mol. The van der Waals surface area contributed by atoms with Crippen LogP contribution in [-0.4, -0.2) is 28.1 Å². The highest BCUT2D eigenvalue weighted by Gasteiger charge is 2.20. The Labute approximate surface area is 126 Å². The maximum absolute atomic E-state index is 12.3. The van der Waals surface area contributed by atoms with E-state index < -0.39 is 0 Å². The molecule has 1 amide bonds. The van der Waals surface area contributed by atoms with Crippen molar-refractivity contribution in [3.63, 3.8) is 0 Å². The lowest BCUT2D eigenvalue weighted by atomic mass is 9.88. The summed E-state index contributed by atoms with van der Waals surface area (Å²) in [7, 11) is 0. The highest BCUT2D eigenvalue weighted by atomic mass is 35.5. The van der Waals surface area contributed by atoms with Gasteiger partial charge in [0.2, 0.25) is 0 Å². The summed E-state index contributed by atoms with van der Waals surface area (Å²) in [5.41, 5.74) is 1.67. The number of carbonyl (C=O) groups is 1. The van der Waals surface area contributed by atoms with Gasteiger partial charge in [-0.05, 0) is 37.7 Å². The minimum Gasteiger partial charge on any atom is -0.350 e. The number of aryl methyl sites for hydroxylation is 2. The van der Waals surface area contributed by atoms with Gasteiger partial charge >= 0.3 is 0 Å². The molecule has 0 aliphatic carbocycles. The van der Waals surface area contributed by atoms with Crippen LogP contribution in [0.5, 0.6) is 0 Å². The first kappa shape index (κ1) is 17.0. The minimum absolute atomic E-state index is 0.0435. The molecule has 0 spiro atoms. The molecule has 0 fully saturated rings. The molecule has 0 aromatic carbocycles. The Bertz CT molecular complexity index is 440. The van der Waals surface area contributed by atoms with Gasteiger partial charge < -0.3 is 5.32 Å². The number of alkyl halides is 1. The van der Waals surface area contributed by atoms with Crippen molar-refractivity contribution in [2.24, 2.45) is 5.41 Å². The standard InChI is InChI=1S/C15H26ClN3O/c1-5-12-10-13(19(6-2)18-12)14(20)17-11-15(3,4)8-7-9-16/h10H,5-9,11H2,1-4H3,(H,17,20). The SMILES string of the molecule is CCc1cc(C(=O)NCC(C)(C)CCCCl)n(CC)n1. The van der Waals surface area contributed by atoms with Gasteiger partial charge in [0, 0.05) is 19.0 Å². The molecular formula is C15H26ClN3O. The van der Waals surface area contributed by atoms with Crippen molar-refractivity contribution >= 4 is 17.5 Å². The molecule has 1 aromatic heterocycles. The summed E-state index contributed by atoms with van der Waals surface area (Å²) >= 11 is 5.73. The van der Waals surface area contributed by atoms with Gasteiger partial charge in [-0.2, -0.15) is 5.10 Å². The number of hydrogen-bond donors (Lipinski definition) is 1. The fourth-order valence-corrected chi connectivity index (χ4v) is 2.24. The number of hydrogen-bond acceptors (Lipinski definition) is 2. The van der Waals surface area contributed by atoms with Gasteiger partial charge in [-0.1, -0.05) is 20.8 Å². The topological polar surface area (TPSA) is 46.9 Å². The summed E-state index contributed by atoms with van der Waals surface area (Å²) in [6, 6.07) is 1.88. The van der Waals surface area contributed by atoms with Crippen LogP contribution >= 0.6 is 11.6 Å². The van der Waals surface area contributed by atoms with E-state index in [1.807, 2.05) is 19.9 Å². The zero-order valence-corrected chi connectivity index (χ0v) is 13.8. The van der Waals surface area contributed by atoms with E-state index in [9.17, 15) is 4.79 Å². The monoisotopic (exact) mass is 299 g/mol. The van der Waals surface area contributed by atoms with Crippen LogP contribution in [0.4, 0.5) is 0 Å². The third-order valence-electron chi connectivity index (χ3n) is 3.44. The third-order valence-corrected chi connectivity index (χ3v) is 3.71. The molecule has 0 aliphatic rings. The van der Waals surface area contributed by atoms with Crippen molar-refractivity contribution in [1.29, 1.82) is 0 Å². The number of rotatable bonds is 8. The molecule has 0 aliphatic heterocycles. The van der Waals surface area contributed by atoms with Crippen LogP contribution in [0.25, 0.3) is 0 Å². The van der Waals surface area contributed by atoms with Crippen molar-refractivity contribution in [2.45, 2.75) is 53.5 Å². The van der Waals surface area contributed by atoms with Crippen LogP contribution in [0.3, 0.4) is 0 Å². The average Bonchev–Trinajstić information content (AvgIpc) is 2.86. The van der Waals surface area contributed by atoms with Crippen LogP contribution in [0.1, 0.15) is 56.7 Å². The minimum atomic E-state index is -0.0435. The lowest BCUT2D eigenvalue weighted by molar-refractivity contribution is 0.0924. The second kappa shape index (κ2) is 7.67. The molecule has 4 nitrogen and oxygen atoms in total. The Balaban J connectivity index is 2.64. The van der Waals surface area contributed by atoms with Crippen LogP contribution in [0.2, 0.25) is 0 Å². The molecule has 1 rings (SSSR count). The lowest BCUT2D eigenvalue weighted by Crippen LogP contribution is -2.35. The van der Waals surface area contributed by atoms with E-state index >= 15 is 0 Å². The van der Waals surface area contributed by atoms with Gasteiger partial charge in [-0.25, -0.2) is 0 Å². The van der Waals surface area contributed by atoms with Gasteiger partial charge in [-0.3, -0.25) is 9.48 Å². The first-order valence-electron chi connectivity index (χ1n) is 7.34. The Kier molecular flexibility index (Phi) is 6.53. The van der Waals surface area contributed by atoms with E-state index in [1.165, 1.54) is 0 Å². The zero-order valence-electron chi connectivity index (χ0n) is 13.0. The Morgan fingerprint density at radius 3 is 2.70 bits per heavy atom. The largest absolute Gasteiger partial charge is 0.350 e. The van der Waals surface area contributed by atoms with Crippen molar-refractivity contribution in [3.8, 4) is 0 Å². The number of nitrogens with one attached hydrogen (secondary N) is 1. The summed E-state index contributed by atoms with van der Waals surface area (Å²) in [6.07, 6.45) is 2.82. The number of halogens is 1. The molecule has 20 heavy (non-hydrogen) atoms. The summed E-state index contributed by atoms with van der Waals surface area (Å²) in [5.74, 6) is 0.623. The number of aromatic nitrogens is 2. The van der Waals surface area contributed by atoms with Crippen LogP contribution in [-0.2, 0) is 13.0 Å². The summed E-state index contributed by atoms with van der Waals surface area (Å²) < 4.78 is 1.76. The van der Waals surface area contributed by atoms with Crippen molar-refractivity contribution in [1.82, 2.24) is 15.1 Å². The zero-order chi connectivity index (χ0) is 15.2. The van der Waals surface area contributed by atoms with Crippen molar-refractivity contribution in [2.75, 3.05) is 12.4 Å². The van der Waals surface area contributed by atoms with Crippen LogP contribution in [0.15, 0.2) is 6.07 Å². The number of carbonyl (C=O) groups excluding carboxylic acids is 1. The van der Waals surface area contributed by atoms with Crippen molar-refractivity contribution < 1.29 is 4.79 Å². The Morgan fingerprint density at radius 1 is 1.45 bits per heavy atom. The fraction of sp³-hybridized carbons (Fsp3) is 0.733. The third kappa shape index (κ3) is 4.82. The van der Waals surface area contributed by atoms with Gasteiger partial charge in [0.15, 0.2) is 0 Å². The summed E-state index contributed by atoms with van der Waals surface area (Å²) in [6.45, 7) is 9.69. The van der Waals surface area contributed by atoms with E-state index in [-0.39, 0.29) is 11.3 Å². The molecule has 114 valence electrons. The Hall–Kier alpha value is -1.03. The molecule has 0 bridgehead atoms. The molecule has 5 heteroatoms. The summed E-state index contributed by atoms with van der Waals surface area (Å²) in [5, 5.41) is 7.42. The van der Waals surface area contributed by atoms with E-state index in [0.29, 0.717) is 24.7 Å².